The van der Waals surface area contributed by atoms with Crippen molar-refractivity contribution in [2.24, 2.45) is 0 Å². The molecule has 2 heterocycles. The van der Waals surface area contributed by atoms with Crippen LogP contribution in [0.15, 0.2) is 53.4 Å². The third-order valence-corrected chi connectivity index (χ3v) is 8.46. The molecule has 0 saturated carbocycles. The third kappa shape index (κ3) is 4.38. The van der Waals surface area contributed by atoms with E-state index < -0.39 is 10.0 Å². The molecule has 9 heteroatoms. The van der Waals surface area contributed by atoms with Crippen LogP contribution in [0.1, 0.15) is 17.0 Å². The maximum atomic E-state index is 13.5. The number of para-hydroxylation sites is 1. The molecule has 0 N–H and O–H groups in total. The van der Waals surface area contributed by atoms with Crippen molar-refractivity contribution in [3.63, 3.8) is 0 Å². The van der Waals surface area contributed by atoms with E-state index in [1.165, 1.54) is 0 Å². The fraction of sp³-hybridized carbons (Fsp3) is 0.318. The van der Waals surface area contributed by atoms with E-state index in [-0.39, 0.29) is 0 Å². The first-order chi connectivity index (χ1) is 14.8. The molecule has 31 heavy (non-hydrogen) atoms. The second kappa shape index (κ2) is 8.92. The van der Waals surface area contributed by atoms with Crippen LogP contribution in [0.5, 0.6) is 0 Å². The van der Waals surface area contributed by atoms with Crippen molar-refractivity contribution in [1.29, 1.82) is 0 Å². The lowest BCUT2D eigenvalue weighted by Crippen LogP contribution is -2.48. The van der Waals surface area contributed by atoms with Gasteiger partial charge in [-0.15, -0.1) is 0 Å². The number of hydrogen-bond donors (Lipinski definition) is 0. The molecular weight excluding hydrogens is 455 g/mol. The molecule has 1 aromatic heterocycles. The summed E-state index contributed by atoms with van der Waals surface area (Å²) in [7, 11) is -3.65. The molecule has 0 spiro atoms. The average Bonchev–Trinajstić information content (AvgIpc) is 3.06. The van der Waals surface area contributed by atoms with Crippen LogP contribution < -0.4 is 0 Å². The molecule has 0 atom stereocenters. The Kier molecular flexibility index (Phi) is 6.42. The zero-order valence-electron chi connectivity index (χ0n) is 17.4. The number of aryl methyl sites for hydroxylation is 1. The molecule has 164 valence electrons. The van der Waals surface area contributed by atoms with Crippen molar-refractivity contribution in [3.8, 4) is 5.69 Å². The smallest absolute Gasteiger partial charge is 0.246 e. The largest absolute Gasteiger partial charge is 0.296 e. The highest BCUT2D eigenvalue weighted by molar-refractivity contribution is 7.89. The van der Waals surface area contributed by atoms with Crippen LogP contribution in [0.2, 0.25) is 10.0 Å². The van der Waals surface area contributed by atoms with Gasteiger partial charge in [0.2, 0.25) is 10.0 Å². The van der Waals surface area contributed by atoms with Crippen molar-refractivity contribution < 1.29 is 8.42 Å². The lowest BCUT2D eigenvalue weighted by molar-refractivity contribution is 0.181. The number of benzene rings is 2. The number of aromatic nitrogens is 2. The summed E-state index contributed by atoms with van der Waals surface area (Å²) in [4.78, 5) is 2.46. The van der Waals surface area contributed by atoms with Crippen molar-refractivity contribution in [2.75, 3.05) is 26.2 Å². The Hall–Kier alpha value is -1.90. The first-order valence-corrected chi connectivity index (χ1v) is 12.3. The molecule has 6 nitrogen and oxygen atoms in total. The van der Waals surface area contributed by atoms with Gasteiger partial charge in [0.25, 0.3) is 0 Å². The van der Waals surface area contributed by atoms with Crippen molar-refractivity contribution >= 4 is 33.2 Å². The maximum Gasteiger partial charge on any atom is 0.246 e. The van der Waals surface area contributed by atoms with Gasteiger partial charge < -0.3 is 0 Å². The van der Waals surface area contributed by atoms with E-state index >= 15 is 0 Å². The fourth-order valence-corrected chi connectivity index (χ4v) is 6.28. The Morgan fingerprint density at radius 2 is 1.52 bits per heavy atom. The lowest BCUT2D eigenvalue weighted by Gasteiger charge is -2.34. The molecule has 4 rings (SSSR count). The van der Waals surface area contributed by atoms with Gasteiger partial charge in [0, 0.05) is 48.3 Å². The van der Waals surface area contributed by atoms with Gasteiger partial charge in [0.1, 0.15) is 4.90 Å². The molecule has 0 aliphatic carbocycles. The minimum absolute atomic E-state index is 0.291. The Bertz CT molecular complexity index is 1170. The lowest BCUT2D eigenvalue weighted by atomic mass is 10.2. The van der Waals surface area contributed by atoms with Gasteiger partial charge in [-0.2, -0.15) is 9.40 Å². The number of halogens is 2. The van der Waals surface area contributed by atoms with Gasteiger partial charge in [0.15, 0.2) is 0 Å². The van der Waals surface area contributed by atoms with E-state index in [1.807, 2.05) is 48.5 Å². The van der Waals surface area contributed by atoms with Crippen LogP contribution in [0.4, 0.5) is 0 Å². The van der Waals surface area contributed by atoms with E-state index in [1.54, 1.807) is 22.8 Å². The first-order valence-electron chi connectivity index (χ1n) is 10.1. The molecule has 1 saturated heterocycles. The fourth-order valence-electron chi connectivity index (χ4n) is 3.99. The molecular formula is C22H24Cl2N4O2S. The van der Waals surface area contributed by atoms with E-state index in [0.717, 1.165) is 11.3 Å². The van der Waals surface area contributed by atoms with E-state index in [4.69, 9.17) is 23.2 Å². The SMILES string of the molecule is Cc1nn(-c2ccccc2)c(C)c1S(=O)(=O)N1CCN(Cc2c(Cl)cccc2Cl)CC1. The van der Waals surface area contributed by atoms with Crippen molar-refractivity contribution in [3.05, 3.63) is 75.5 Å². The van der Waals surface area contributed by atoms with Crippen LogP contribution >= 0.6 is 23.2 Å². The van der Waals surface area contributed by atoms with E-state index in [9.17, 15) is 8.42 Å². The molecule has 1 aliphatic heterocycles. The van der Waals surface area contributed by atoms with Gasteiger partial charge in [-0.3, -0.25) is 4.90 Å². The molecule has 3 aromatic rings. The summed E-state index contributed by atoms with van der Waals surface area (Å²) in [6, 6.07) is 15.0. The molecule has 0 unspecified atom stereocenters. The predicted molar refractivity (Wildman–Crippen MR) is 124 cm³/mol. The number of rotatable bonds is 5. The van der Waals surface area contributed by atoms with Gasteiger partial charge in [-0.05, 0) is 38.1 Å². The second-order valence-electron chi connectivity index (χ2n) is 7.63. The topological polar surface area (TPSA) is 58.4 Å². The van der Waals surface area contributed by atoms with Crippen molar-refractivity contribution in [1.82, 2.24) is 19.0 Å². The monoisotopic (exact) mass is 478 g/mol. The summed E-state index contributed by atoms with van der Waals surface area (Å²) in [5.74, 6) is 0. The summed E-state index contributed by atoms with van der Waals surface area (Å²) < 4.78 is 30.2. The summed E-state index contributed by atoms with van der Waals surface area (Å²) in [6.07, 6.45) is 0. The van der Waals surface area contributed by atoms with Crippen LogP contribution in [0.3, 0.4) is 0 Å². The normalized spacial score (nSPS) is 16.0. The summed E-state index contributed by atoms with van der Waals surface area (Å²) in [6.45, 7) is 6.15. The van der Waals surface area contributed by atoms with Crippen LogP contribution in [0, 0.1) is 13.8 Å². The number of hydrogen-bond acceptors (Lipinski definition) is 4. The highest BCUT2D eigenvalue weighted by Crippen LogP contribution is 2.28. The third-order valence-electron chi connectivity index (χ3n) is 5.60. The highest BCUT2D eigenvalue weighted by atomic mass is 35.5. The molecule has 1 aliphatic rings. The predicted octanol–water partition coefficient (Wildman–Crippen LogP) is 4.30. The van der Waals surface area contributed by atoms with Gasteiger partial charge in [-0.25, -0.2) is 13.1 Å². The standard InChI is InChI=1S/C22H24Cl2N4O2S/c1-16-22(17(2)28(25-16)18-7-4-3-5-8-18)31(29,30)27-13-11-26(12-14-27)15-19-20(23)9-6-10-21(19)24/h3-10H,11-15H2,1-2H3. The maximum absolute atomic E-state index is 13.5. The Balaban J connectivity index is 1.52. The van der Waals surface area contributed by atoms with Gasteiger partial charge >= 0.3 is 0 Å². The zero-order chi connectivity index (χ0) is 22.2. The molecule has 1 fully saturated rings. The molecule has 2 aromatic carbocycles. The summed E-state index contributed by atoms with van der Waals surface area (Å²) in [5, 5.41) is 5.76. The van der Waals surface area contributed by atoms with Crippen LogP contribution in [0.25, 0.3) is 5.69 Å². The van der Waals surface area contributed by atoms with Crippen LogP contribution in [-0.4, -0.2) is 53.6 Å². The minimum Gasteiger partial charge on any atom is -0.296 e. The van der Waals surface area contributed by atoms with Gasteiger partial charge in [-0.1, -0.05) is 47.5 Å². The highest BCUT2D eigenvalue weighted by Gasteiger charge is 2.33. The molecule has 0 bridgehead atoms. The van der Waals surface area contributed by atoms with Crippen LogP contribution in [-0.2, 0) is 16.6 Å². The van der Waals surface area contributed by atoms with Gasteiger partial charge in [0.05, 0.1) is 17.1 Å². The van der Waals surface area contributed by atoms with E-state index in [2.05, 4.69) is 10.00 Å². The number of piperazine rings is 1. The quantitative estimate of drug-likeness (QED) is 0.548. The summed E-state index contributed by atoms with van der Waals surface area (Å²) >= 11 is 12.6. The summed E-state index contributed by atoms with van der Waals surface area (Å²) in [5.41, 5.74) is 2.84. The number of nitrogens with zero attached hydrogens (tertiary/aromatic N) is 4. The minimum atomic E-state index is -3.65. The Morgan fingerprint density at radius 3 is 2.13 bits per heavy atom. The van der Waals surface area contributed by atoms with Crippen molar-refractivity contribution in [2.45, 2.75) is 25.3 Å². The zero-order valence-corrected chi connectivity index (χ0v) is 19.8. The van der Waals surface area contributed by atoms with E-state index in [0.29, 0.717) is 59.1 Å². The second-order valence-corrected chi connectivity index (χ2v) is 10.3. The number of sulfonamides is 1. The first kappa shape index (κ1) is 22.3. The average molecular weight is 479 g/mol. The Labute approximate surface area is 193 Å². The Morgan fingerprint density at radius 1 is 0.903 bits per heavy atom. The molecule has 0 amide bonds. The molecule has 0 radical (unpaired) electrons.